The molecule has 1 aliphatic carbocycles. The first-order chi connectivity index (χ1) is 6.70. The molecule has 2 N–H and O–H groups in total. The molecule has 0 aromatic heterocycles. The summed E-state index contributed by atoms with van der Waals surface area (Å²) in [5, 5.41) is 0. The van der Waals surface area contributed by atoms with E-state index in [4.69, 9.17) is 5.73 Å². The zero-order chi connectivity index (χ0) is 10.1. The van der Waals surface area contributed by atoms with Crippen LogP contribution in [0.25, 0.3) is 0 Å². The summed E-state index contributed by atoms with van der Waals surface area (Å²) < 4.78 is 0. The molecular weight excluding hydrogens is 174 g/mol. The van der Waals surface area contributed by atoms with Crippen LogP contribution >= 0.6 is 0 Å². The molecule has 0 saturated carbocycles. The predicted octanol–water partition coefficient (Wildman–Crippen LogP) is 1.81. The van der Waals surface area contributed by atoms with Crippen molar-refractivity contribution in [3.63, 3.8) is 0 Å². The minimum absolute atomic E-state index is 0.619. The molecule has 0 atom stereocenters. The monoisotopic (exact) mass is 189 g/mol. The molecule has 1 aliphatic heterocycles. The Labute approximate surface area is 84.1 Å². The van der Waals surface area contributed by atoms with Crippen LogP contribution in [0.1, 0.15) is 26.7 Å². The van der Waals surface area contributed by atoms with Crippen molar-refractivity contribution in [3.05, 3.63) is 22.9 Å². The Morgan fingerprint density at radius 2 is 2.14 bits per heavy atom. The Hall–Kier alpha value is -1.22. The first kappa shape index (κ1) is 9.34. The van der Waals surface area contributed by atoms with Crippen LogP contribution in [0.5, 0.6) is 0 Å². The molecule has 2 aliphatic rings. The number of allylic oxidation sites excluding steroid dienone is 4. The average molecular weight is 189 g/mol. The fraction of sp³-hybridized carbons (Fsp3) is 0.455. The fourth-order valence-corrected chi connectivity index (χ4v) is 1.65. The first-order valence-electron chi connectivity index (χ1n) is 4.94. The van der Waals surface area contributed by atoms with Crippen LogP contribution in [-0.2, 0) is 0 Å². The molecular formula is C11H15N3. The third-order valence-electron chi connectivity index (χ3n) is 2.64. The average Bonchev–Trinajstić information content (AvgIpc) is 2.48. The normalized spacial score (nSPS) is 20.4. The Morgan fingerprint density at radius 3 is 2.86 bits per heavy atom. The number of amidine groups is 1. The second-order valence-electron chi connectivity index (χ2n) is 3.79. The molecule has 74 valence electrons. The summed E-state index contributed by atoms with van der Waals surface area (Å²) in [6.07, 6.45) is 3.83. The lowest BCUT2D eigenvalue weighted by Crippen LogP contribution is -2.06. The molecule has 0 aromatic carbocycles. The van der Waals surface area contributed by atoms with Crippen LogP contribution in [0.2, 0.25) is 0 Å². The number of rotatable bonds is 2. The summed E-state index contributed by atoms with van der Waals surface area (Å²) in [6, 6.07) is 0. The number of aliphatic imine (C=N–C) groups is 2. The fourth-order valence-electron chi connectivity index (χ4n) is 1.65. The molecule has 0 spiro atoms. The van der Waals surface area contributed by atoms with E-state index in [2.05, 4.69) is 29.9 Å². The Morgan fingerprint density at radius 1 is 1.36 bits per heavy atom. The third kappa shape index (κ3) is 1.55. The minimum Gasteiger partial charge on any atom is -0.330 e. The number of nitrogens with zero attached hydrogens (tertiary/aromatic N) is 2. The van der Waals surface area contributed by atoms with Gasteiger partial charge >= 0.3 is 0 Å². The lowest BCUT2D eigenvalue weighted by atomic mass is 9.97. The van der Waals surface area contributed by atoms with E-state index in [1.54, 1.807) is 0 Å². The van der Waals surface area contributed by atoms with Gasteiger partial charge in [0.2, 0.25) is 0 Å². The van der Waals surface area contributed by atoms with Crippen molar-refractivity contribution in [2.24, 2.45) is 15.7 Å². The van der Waals surface area contributed by atoms with E-state index in [9.17, 15) is 0 Å². The Bertz CT molecular complexity index is 383. The van der Waals surface area contributed by atoms with Gasteiger partial charge in [0.05, 0.1) is 11.4 Å². The van der Waals surface area contributed by atoms with E-state index in [0.717, 1.165) is 30.1 Å². The van der Waals surface area contributed by atoms with Crippen LogP contribution in [0, 0.1) is 0 Å². The van der Waals surface area contributed by atoms with Gasteiger partial charge in [-0.15, -0.1) is 0 Å². The lowest BCUT2D eigenvalue weighted by molar-refractivity contribution is 1.03. The van der Waals surface area contributed by atoms with Gasteiger partial charge in [-0.3, -0.25) is 0 Å². The molecule has 0 bridgehead atoms. The van der Waals surface area contributed by atoms with Crippen molar-refractivity contribution in [2.45, 2.75) is 26.7 Å². The highest BCUT2D eigenvalue weighted by Gasteiger charge is 2.19. The van der Waals surface area contributed by atoms with E-state index in [-0.39, 0.29) is 0 Å². The molecule has 3 heteroatoms. The van der Waals surface area contributed by atoms with Crippen molar-refractivity contribution in [1.82, 2.24) is 0 Å². The molecule has 0 aromatic rings. The smallest absolute Gasteiger partial charge is 0.130 e. The van der Waals surface area contributed by atoms with Gasteiger partial charge in [-0.05, 0) is 32.0 Å². The van der Waals surface area contributed by atoms with Gasteiger partial charge < -0.3 is 5.73 Å². The molecule has 3 nitrogen and oxygen atoms in total. The molecule has 0 unspecified atom stereocenters. The maximum Gasteiger partial charge on any atom is 0.130 e. The molecule has 0 amide bonds. The Kier molecular flexibility index (Phi) is 2.33. The number of fused-ring (bicyclic) bond motifs is 1. The standard InChI is InChI=1S/C11H15N3/c1-7-5-9-10(6-8(7)2)14-11(13-9)3-4-12/h5H,3-4,6,12H2,1-2H3. The van der Waals surface area contributed by atoms with Crippen molar-refractivity contribution < 1.29 is 0 Å². The van der Waals surface area contributed by atoms with E-state index < -0.39 is 0 Å². The molecule has 0 radical (unpaired) electrons. The van der Waals surface area contributed by atoms with Gasteiger partial charge in [0, 0.05) is 12.8 Å². The summed E-state index contributed by atoms with van der Waals surface area (Å²) in [5.74, 6) is 0.885. The van der Waals surface area contributed by atoms with Gasteiger partial charge in [0.25, 0.3) is 0 Å². The summed E-state index contributed by atoms with van der Waals surface area (Å²) >= 11 is 0. The lowest BCUT2D eigenvalue weighted by Gasteiger charge is -2.11. The van der Waals surface area contributed by atoms with Gasteiger partial charge in [0.15, 0.2) is 0 Å². The molecule has 0 saturated heterocycles. The van der Waals surface area contributed by atoms with Gasteiger partial charge in [-0.2, -0.15) is 0 Å². The zero-order valence-corrected chi connectivity index (χ0v) is 8.67. The summed E-state index contributed by atoms with van der Waals surface area (Å²) in [6.45, 7) is 4.88. The van der Waals surface area contributed by atoms with E-state index in [1.165, 1.54) is 11.1 Å². The molecule has 0 fully saturated rings. The highest BCUT2D eigenvalue weighted by atomic mass is 15.0. The highest BCUT2D eigenvalue weighted by Crippen LogP contribution is 2.26. The van der Waals surface area contributed by atoms with E-state index >= 15 is 0 Å². The summed E-state index contributed by atoms with van der Waals surface area (Å²) in [5.41, 5.74) is 10.3. The second-order valence-corrected chi connectivity index (χ2v) is 3.79. The zero-order valence-electron chi connectivity index (χ0n) is 8.67. The molecule has 1 heterocycles. The van der Waals surface area contributed by atoms with Gasteiger partial charge in [0.1, 0.15) is 5.84 Å². The van der Waals surface area contributed by atoms with E-state index in [0.29, 0.717) is 6.54 Å². The predicted molar refractivity (Wildman–Crippen MR) is 59.6 cm³/mol. The van der Waals surface area contributed by atoms with Crippen LogP contribution in [0.3, 0.4) is 0 Å². The highest BCUT2D eigenvalue weighted by molar-refractivity contribution is 6.14. The molecule has 2 rings (SSSR count). The van der Waals surface area contributed by atoms with Crippen molar-refractivity contribution in [2.75, 3.05) is 6.54 Å². The van der Waals surface area contributed by atoms with Crippen molar-refractivity contribution >= 4 is 11.5 Å². The number of hydrogen-bond acceptors (Lipinski definition) is 3. The third-order valence-corrected chi connectivity index (χ3v) is 2.64. The minimum atomic E-state index is 0.619. The number of nitrogens with two attached hydrogens (primary N) is 1. The van der Waals surface area contributed by atoms with Gasteiger partial charge in [-0.25, -0.2) is 9.98 Å². The van der Waals surface area contributed by atoms with Crippen LogP contribution in [-0.4, -0.2) is 18.1 Å². The molecule has 14 heavy (non-hydrogen) atoms. The largest absolute Gasteiger partial charge is 0.330 e. The topological polar surface area (TPSA) is 50.7 Å². The van der Waals surface area contributed by atoms with E-state index in [1.807, 2.05) is 0 Å². The maximum atomic E-state index is 5.47. The summed E-state index contributed by atoms with van der Waals surface area (Å²) in [4.78, 5) is 8.91. The number of hydrogen-bond donors (Lipinski definition) is 1. The maximum absolute atomic E-state index is 5.47. The quantitative estimate of drug-likeness (QED) is 0.707. The van der Waals surface area contributed by atoms with Crippen molar-refractivity contribution in [1.29, 1.82) is 0 Å². The first-order valence-corrected chi connectivity index (χ1v) is 4.94. The van der Waals surface area contributed by atoms with Crippen LogP contribution < -0.4 is 5.73 Å². The SMILES string of the molecule is CC1=C(C)CC2=NC(CCN)=NC2=C1. The van der Waals surface area contributed by atoms with Crippen molar-refractivity contribution in [3.8, 4) is 0 Å². The Balaban J connectivity index is 2.26. The van der Waals surface area contributed by atoms with Gasteiger partial charge in [-0.1, -0.05) is 5.57 Å². The van der Waals surface area contributed by atoms with Crippen LogP contribution in [0.15, 0.2) is 32.9 Å². The van der Waals surface area contributed by atoms with Crippen LogP contribution in [0.4, 0.5) is 0 Å². The second kappa shape index (κ2) is 3.50. The summed E-state index contributed by atoms with van der Waals surface area (Å²) in [7, 11) is 0.